The van der Waals surface area contributed by atoms with Crippen molar-refractivity contribution < 1.29 is 14.3 Å². The Bertz CT molecular complexity index is 669. The molecule has 110 valence electrons. The highest BCUT2D eigenvalue weighted by Gasteiger charge is 2.13. The summed E-state index contributed by atoms with van der Waals surface area (Å²) in [6.45, 7) is 3.75. The van der Waals surface area contributed by atoms with Gasteiger partial charge in [-0.15, -0.1) is 0 Å². The molecule has 0 radical (unpaired) electrons. The number of methoxy groups -OCH3 is 2. The summed E-state index contributed by atoms with van der Waals surface area (Å²) in [4.78, 5) is 16.5. The summed E-state index contributed by atoms with van der Waals surface area (Å²) in [5, 5.41) is 2.85. The number of nitrogens with zero attached hydrogens (tertiary/aromatic N) is 1. The summed E-state index contributed by atoms with van der Waals surface area (Å²) in [5.74, 6) is 1.02. The lowest BCUT2D eigenvalue weighted by Crippen LogP contribution is -2.15. The molecule has 0 aliphatic rings. The fraction of sp³-hybridized carbons (Fsp3) is 0.250. The van der Waals surface area contributed by atoms with E-state index >= 15 is 0 Å². The number of hydrogen-bond donors (Lipinski definition) is 1. The van der Waals surface area contributed by atoms with E-state index in [9.17, 15) is 4.79 Å². The summed E-state index contributed by atoms with van der Waals surface area (Å²) < 4.78 is 10.4. The molecule has 0 unspecified atom stereocenters. The fourth-order valence-corrected chi connectivity index (χ4v) is 1.98. The van der Waals surface area contributed by atoms with Gasteiger partial charge in [-0.25, -0.2) is 0 Å². The Kier molecular flexibility index (Phi) is 4.42. The van der Waals surface area contributed by atoms with Gasteiger partial charge in [0.2, 0.25) is 0 Å². The largest absolute Gasteiger partial charge is 0.497 e. The first kappa shape index (κ1) is 14.8. The maximum atomic E-state index is 12.4. The molecule has 1 aromatic heterocycles. The Morgan fingerprint density at radius 1 is 1.14 bits per heavy atom. The number of amides is 1. The van der Waals surface area contributed by atoms with Crippen molar-refractivity contribution in [2.75, 3.05) is 19.5 Å². The minimum atomic E-state index is -0.193. The molecule has 0 aliphatic heterocycles. The molecule has 0 spiro atoms. The molecule has 2 rings (SSSR count). The van der Waals surface area contributed by atoms with Crippen LogP contribution >= 0.6 is 0 Å². The third-order valence-corrected chi connectivity index (χ3v) is 3.36. The average Bonchev–Trinajstić information content (AvgIpc) is 2.50. The smallest absolute Gasteiger partial charge is 0.256 e. The second kappa shape index (κ2) is 6.26. The van der Waals surface area contributed by atoms with Gasteiger partial charge in [0.15, 0.2) is 0 Å². The highest BCUT2D eigenvalue weighted by atomic mass is 16.5. The molecule has 1 N–H and O–H groups in total. The van der Waals surface area contributed by atoms with Gasteiger partial charge in [-0.3, -0.25) is 9.78 Å². The van der Waals surface area contributed by atoms with Crippen LogP contribution in [0.2, 0.25) is 0 Å². The van der Waals surface area contributed by atoms with Crippen LogP contribution in [0.5, 0.6) is 11.5 Å². The highest BCUT2D eigenvalue weighted by molar-refractivity contribution is 6.06. The van der Waals surface area contributed by atoms with E-state index in [0.717, 1.165) is 11.3 Å². The minimum Gasteiger partial charge on any atom is -0.497 e. The molecular weight excluding hydrogens is 268 g/mol. The Morgan fingerprint density at radius 3 is 2.57 bits per heavy atom. The zero-order chi connectivity index (χ0) is 15.4. The van der Waals surface area contributed by atoms with Crippen molar-refractivity contribution in [2.24, 2.45) is 0 Å². The lowest BCUT2D eigenvalue weighted by molar-refractivity contribution is 0.102. The first-order valence-corrected chi connectivity index (χ1v) is 6.52. The highest BCUT2D eigenvalue weighted by Crippen LogP contribution is 2.29. The van der Waals surface area contributed by atoms with Gasteiger partial charge >= 0.3 is 0 Å². The number of pyridine rings is 1. The van der Waals surface area contributed by atoms with Crippen LogP contribution < -0.4 is 14.8 Å². The van der Waals surface area contributed by atoms with Gasteiger partial charge in [0.25, 0.3) is 5.91 Å². The summed E-state index contributed by atoms with van der Waals surface area (Å²) >= 11 is 0. The lowest BCUT2D eigenvalue weighted by atomic mass is 10.1. The normalized spacial score (nSPS) is 10.1. The molecular formula is C16H18N2O3. The third kappa shape index (κ3) is 3.13. The number of hydrogen-bond acceptors (Lipinski definition) is 4. The quantitative estimate of drug-likeness (QED) is 0.938. The third-order valence-electron chi connectivity index (χ3n) is 3.36. The van der Waals surface area contributed by atoms with Gasteiger partial charge in [-0.2, -0.15) is 0 Å². The number of nitrogens with one attached hydrogen (secondary N) is 1. The van der Waals surface area contributed by atoms with Crippen molar-refractivity contribution in [3.63, 3.8) is 0 Å². The van der Waals surface area contributed by atoms with Crippen LogP contribution in [0.4, 0.5) is 5.69 Å². The zero-order valence-corrected chi connectivity index (χ0v) is 12.6. The Morgan fingerprint density at radius 2 is 1.90 bits per heavy atom. The van der Waals surface area contributed by atoms with Crippen LogP contribution in [0.15, 0.2) is 30.5 Å². The number of benzene rings is 1. The molecule has 1 heterocycles. The molecule has 2 aromatic rings. The van der Waals surface area contributed by atoms with E-state index in [1.54, 1.807) is 44.7 Å². The number of aromatic nitrogens is 1. The molecule has 0 saturated carbocycles. The van der Waals surface area contributed by atoms with E-state index < -0.39 is 0 Å². The molecule has 0 fully saturated rings. The second-order valence-corrected chi connectivity index (χ2v) is 4.59. The van der Waals surface area contributed by atoms with Gasteiger partial charge in [0, 0.05) is 23.5 Å². The number of carbonyl (C=O) groups is 1. The predicted octanol–water partition coefficient (Wildman–Crippen LogP) is 2.97. The van der Waals surface area contributed by atoms with Gasteiger partial charge < -0.3 is 14.8 Å². The van der Waals surface area contributed by atoms with Crippen molar-refractivity contribution in [1.29, 1.82) is 0 Å². The Balaban J connectivity index is 2.29. The second-order valence-electron chi connectivity index (χ2n) is 4.59. The van der Waals surface area contributed by atoms with Crippen molar-refractivity contribution in [2.45, 2.75) is 13.8 Å². The van der Waals surface area contributed by atoms with Crippen LogP contribution in [-0.4, -0.2) is 25.1 Å². The van der Waals surface area contributed by atoms with Crippen LogP contribution in [0.1, 0.15) is 21.6 Å². The average molecular weight is 286 g/mol. The van der Waals surface area contributed by atoms with Crippen LogP contribution in [0.3, 0.4) is 0 Å². The minimum absolute atomic E-state index is 0.193. The molecule has 5 nitrogen and oxygen atoms in total. The monoisotopic (exact) mass is 286 g/mol. The van der Waals surface area contributed by atoms with E-state index in [2.05, 4.69) is 10.3 Å². The molecule has 0 saturated heterocycles. The van der Waals surface area contributed by atoms with E-state index in [1.807, 2.05) is 13.8 Å². The molecule has 0 atom stereocenters. The van der Waals surface area contributed by atoms with E-state index in [4.69, 9.17) is 9.47 Å². The molecule has 21 heavy (non-hydrogen) atoms. The van der Waals surface area contributed by atoms with Crippen LogP contribution in [0, 0.1) is 13.8 Å². The lowest BCUT2D eigenvalue weighted by Gasteiger charge is -2.13. The summed E-state index contributed by atoms with van der Waals surface area (Å²) in [5.41, 5.74) is 2.89. The summed E-state index contributed by atoms with van der Waals surface area (Å²) in [6.07, 6.45) is 1.63. The number of ether oxygens (including phenoxy) is 2. The number of rotatable bonds is 4. The van der Waals surface area contributed by atoms with Crippen molar-refractivity contribution in [3.05, 3.63) is 47.3 Å². The first-order chi connectivity index (χ1) is 10.1. The van der Waals surface area contributed by atoms with E-state index in [1.165, 1.54) is 0 Å². The zero-order valence-electron chi connectivity index (χ0n) is 12.6. The number of carbonyl (C=O) groups excluding carboxylic acids is 1. The van der Waals surface area contributed by atoms with Gasteiger partial charge in [-0.05, 0) is 37.6 Å². The summed E-state index contributed by atoms with van der Waals surface area (Å²) in [6, 6.07) is 6.94. The molecule has 0 aliphatic carbocycles. The standard InChI is InChI=1S/C16H18N2O3/c1-10-11(2)17-8-7-13(10)16(19)18-14-6-5-12(20-3)9-15(14)21-4/h5-9H,1-4H3,(H,18,19). The molecule has 0 bridgehead atoms. The van der Waals surface area contributed by atoms with Crippen LogP contribution in [-0.2, 0) is 0 Å². The maximum Gasteiger partial charge on any atom is 0.256 e. The van der Waals surface area contributed by atoms with Gasteiger partial charge in [-0.1, -0.05) is 0 Å². The van der Waals surface area contributed by atoms with Crippen molar-refractivity contribution >= 4 is 11.6 Å². The van der Waals surface area contributed by atoms with Crippen molar-refractivity contribution in [1.82, 2.24) is 4.98 Å². The summed E-state index contributed by atoms with van der Waals surface area (Å²) in [7, 11) is 3.13. The van der Waals surface area contributed by atoms with Gasteiger partial charge in [0.1, 0.15) is 11.5 Å². The topological polar surface area (TPSA) is 60.5 Å². The van der Waals surface area contributed by atoms with E-state index in [0.29, 0.717) is 22.7 Å². The predicted molar refractivity (Wildman–Crippen MR) is 81.2 cm³/mol. The molecule has 1 amide bonds. The number of aryl methyl sites for hydroxylation is 1. The molecule has 1 aromatic carbocycles. The van der Waals surface area contributed by atoms with Crippen molar-refractivity contribution in [3.8, 4) is 11.5 Å². The first-order valence-electron chi connectivity index (χ1n) is 6.52. The van der Waals surface area contributed by atoms with E-state index in [-0.39, 0.29) is 5.91 Å². The Labute approximate surface area is 123 Å². The SMILES string of the molecule is COc1ccc(NC(=O)c2ccnc(C)c2C)c(OC)c1. The fourth-order valence-electron chi connectivity index (χ4n) is 1.98. The van der Waals surface area contributed by atoms with Gasteiger partial charge in [0.05, 0.1) is 19.9 Å². The maximum absolute atomic E-state index is 12.4. The molecule has 5 heteroatoms. The number of anilines is 1. The van der Waals surface area contributed by atoms with Crippen LogP contribution in [0.25, 0.3) is 0 Å². The Hall–Kier alpha value is -2.56.